The first-order valence-corrected chi connectivity index (χ1v) is 10.7. The standard InChI is InChI=1S/C29H25NO3/c1-22(2)29(31)33-28-17-13-23(14-18-28)21-32-27-19-15-26(16-20-27)30(24-9-5-3-6-10-24)25-11-7-4-8-12-25/h3-20H,1,21H2,2H3. The molecule has 4 aromatic carbocycles. The van der Waals surface area contributed by atoms with E-state index in [2.05, 4.69) is 47.9 Å². The Hall–Kier alpha value is -4.31. The minimum atomic E-state index is -0.431. The smallest absolute Gasteiger partial charge is 0.338 e. The summed E-state index contributed by atoms with van der Waals surface area (Å²) in [5.74, 6) is 0.828. The largest absolute Gasteiger partial charge is 0.489 e. The average molecular weight is 436 g/mol. The minimum Gasteiger partial charge on any atom is -0.489 e. The van der Waals surface area contributed by atoms with Crippen LogP contribution in [0.15, 0.2) is 121 Å². The van der Waals surface area contributed by atoms with Crippen LogP contribution in [0.2, 0.25) is 0 Å². The summed E-state index contributed by atoms with van der Waals surface area (Å²) in [6.07, 6.45) is 0. The Morgan fingerprint density at radius 3 is 1.70 bits per heavy atom. The zero-order valence-corrected chi connectivity index (χ0v) is 18.5. The fraction of sp³-hybridized carbons (Fsp3) is 0.0690. The molecule has 0 fully saturated rings. The maximum atomic E-state index is 11.6. The quantitative estimate of drug-likeness (QED) is 0.166. The van der Waals surface area contributed by atoms with Crippen LogP contribution in [0.25, 0.3) is 0 Å². The molecule has 0 saturated heterocycles. The second-order valence-electron chi connectivity index (χ2n) is 7.60. The number of hydrogen-bond acceptors (Lipinski definition) is 4. The Labute approximate surface area is 194 Å². The van der Waals surface area contributed by atoms with Gasteiger partial charge in [0, 0.05) is 22.6 Å². The lowest BCUT2D eigenvalue weighted by Crippen LogP contribution is -2.09. The maximum absolute atomic E-state index is 11.6. The van der Waals surface area contributed by atoms with Crippen molar-refractivity contribution in [3.8, 4) is 11.5 Å². The summed E-state index contributed by atoms with van der Waals surface area (Å²) in [5, 5.41) is 0. The van der Waals surface area contributed by atoms with Crippen LogP contribution < -0.4 is 14.4 Å². The number of nitrogens with zero attached hydrogens (tertiary/aromatic N) is 1. The van der Waals surface area contributed by atoms with E-state index in [-0.39, 0.29) is 0 Å². The summed E-state index contributed by atoms with van der Waals surface area (Å²) in [5.41, 5.74) is 4.56. The lowest BCUT2D eigenvalue weighted by molar-refractivity contribution is -0.130. The van der Waals surface area contributed by atoms with Gasteiger partial charge in [0.25, 0.3) is 0 Å². The van der Waals surface area contributed by atoms with E-state index in [0.717, 1.165) is 28.4 Å². The second-order valence-corrected chi connectivity index (χ2v) is 7.60. The molecule has 0 atom stereocenters. The molecule has 0 unspecified atom stereocenters. The molecule has 33 heavy (non-hydrogen) atoms. The molecule has 164 valence electrons. The number of rotatable bonds is 8. The van der Waals surface area contributed by atoms with Crippen LogP contribution in [0.3, 0.4) is 0 Å². The summed E-state index contributed by atoms with van der Waals surface area (Å²) < 4.78 is 11.2. The first kappa shape index (κ1) is 21.9. The predicted octanol–water partition coefficient (Wildman–Crippen LogP) is 7.22. The van der Waals surface area contributed by atoms with Crippen LogP contribution in [-0.4, -0.2) is 5.97 Å². The molecule has 0 aliphatic rings. The molecule has 4 aromatic rings. The van der Waals surface area contributed by atoms with Crippen LogP contribution in [0.4, 0.5) is 17.1 Å². The molecular weight excluding hydrogens is 410 g/mol. The number of carbonyl (C=O) groups is 1. The summed E-state index contributed by atoms with van der Waals surface area (Å²) in [4.78, 5) is 13.8. The average Bonchev–Trinajstić information content (AvgIpc) is 2.86. The SMILES string of the molecule is C=C(C)C(=O)Oc1ccc(COc2ccc(N(c3ccccc3)c3ccccc3)cc2)cc1. The third-order valence-electron chi connectivity index (χ3n) is 5.01. The maximum Gasteiger partial charge on any atom is 0.338 e. The van der Waals surface area contributed by atoms with Crippen molar-refractivity contribution in [1.29, 1.82) is 0 Å². The highest BCUT2D eigenvalue weighted by molar-refractivity contribution is 5.88. The van der Waals surface area contributed by atoms with Crippen molar-refractivity contribution >= 4 is 23.0 Å². The predicted molar refractivity (Wildman–Crippen MR) is 132 cm³/mol. The van der Waals surface area contributed by atoms with Gasteiger partial charge in [-0.05, 0) is 73.2 Å². The Balaban J connectivity index is 1.44. The Bertz CT molecular complexity index is 1160. The van der Waals surface area contributed by atoms with E-state index in [1.165, 1.54) is 0 Å². The molecule has 0 amide bonds. The molecule has 0 aliphatic heterocycles. The number of hydrogen-bond donors (Lipinski definition) is 0. The summed E-state index contributed by atoms with van der Waals surface area (Å²) in [6, 6.07) is 35.8. The van der Waals surface area contributed by atoms with Crippen molar-refractivity contribution in [1.82, 2.24) is 0 Å². The number of para-hydroxylation sites is 2. The van der Waals surface area contributed by atoms with Crippen LogP contribution in [-0.2, 0) is 11.4 Å². The Morgan fingerprint density at radius 2 is 1.18 bits per heavy atom. The molecule has 0 aromatic heterocycles. The third kappa shape index (κ3) is 5.69. The number of anilines is 3. The van der Waals surface area contributed by atoms with Crippen LogP contribution in [0.1, 0.15) is 12.5 Å². The van der Waals surface area contributed by atoms with Gasteiger partial charge in [-0.3, -0.25) is 0 Å². The van der Waals surface area contributed by atoms with Gasteiger partial charge in [-0.25, -0.2) is 4.79 Å². The van der Waals surface area contributed by atoms with Crippen molar-refractivity contribution in [3.05, 3.63) is 127 Å². The van der Waals surface area contributed by atoms with E-state index in [9.17, 15) is 4.79 Å². The highest BCUT2D eigenvalue weighted by atomic mass is 16.5. The molecule has 0 aliphatic carbocycles. The first-order valence-electron chi connectivity index (χ1n) is 10.7. The molecular formula is C29H25NO3. The number of ether oxygens (including phenoxy) is 2. The van der Waals surface area contributed by atoms with E-state index in [0.29, 0.717) is 17.9 Å². The summed E-state index contributed by atoms with van der Waals surface area (Å²) in [6.45, 7) is 5.62. The fourth-order valence-corrected chi connectivity index (χ4v) is 3.31. The van der Waals surface area contributed by atoms with Gasteiger partial charge in [-0.15, -0.1) is 0 Å². The monoisotopic (exact) mass is 435 g/mol. The van der Waals surface area contributed by atoms with Gasteiger partial charge in [0.2, 0.25) is 0 Å². The number of carbonyl (C=O) groups excluding carboxylic acids is 1. The second kappa shape index (κ2) is 10.3. The topological polar surface area (TPSA) is 38.8 Å². The van der Waals surface area contributed by atoms with Gasteiger partial charge >= 0.3 is 5.97 Å². The van der Waals surface area contributed by atoms with Gasteiger partial charge in [-0.1, -0.05) is 55.1 Å². The van der Waals surface area contributed by atoms with Gasteiger partial charge in [0.15, 0.2) is 0 Å². The third-order valence-corrected chi connectivity index (χ3v) is 5.01. The number of esters is 1. The zero-order chi connectivity index (χ0) is 23.0. The van der Waals surface area contributed by atoms with Crippen molar-refractivity contribution in [2.75, 3.05) is 4.90 Å². The first-order chi connectivity index (χ1) is 16.1. The highest BCUT2D eigenvalue weighted by Gasteiger charge is 2.12. The summed E-state index contributed by atoms with van der Waals surface area (Å²) in [7, 11) is 0. The lowest BCUT2D eigenvalue weighted by atomic mass is 10.2. The Morgan fingerprint density at radius 1 is 0.697 bits per heavy atom. The van der Waals surface area contributed by atoms with Crippen LogP contribution in [0, 0.1) is 0 Å². The normalized spacial score (nSPS) is 10.3. The van der Waals surface area contributed by atoms with Gasteiger partial charge in [-0.2, -0.15) is 0 Å². The fourth-order valence-electron chi connectivity index (χ4n) is 3.31. The molecule has 0 saturated carbocycles. The molecule has 0 spiro atoms. The zero-order valence-electron chi connectivity index (χ0n) is 18.5. The molecule has 4 rings (SSSR count). The van der Waals surface area contributed by atoms with Crippen LogP contribution in [0.5, 0.6) is 11.5 Å². The molecule has 0 N–H and O–H groups in total. The minimum absolute atomic E-state index is 0.365. The van der Waals surface area contributed by atoms with Gasteiger partial charge < -0.3 is 14.4 Å². The van der Waals surface area contributed by atoms with Crippen molar-refractivity contribution < 1.29 is 14.3 Å². The number of benzene rings is 4. The van der Waals surface area contributed by atoms with E-state index in [1.807, 2.05) is 60.7 Å². The van der Waals surface area contributed by atoms with Gasteiger partial charge in [0.1, 0.15) is 18.1 Å². The molecule has 0 heterocycles. The van der Waals surface area contributed by atoms with E-state index in [4.69, 9.17) is 9.47 Å². The summed E-state index contributed by atoms with van der Waals surface area (Å²) >= 11 is 0. The van der Waals surface area contributed by atoms with E-state index >= 15 is 0 Å². The van der Waals surface area contributed by atoms with Gasteiger partial charge in [0.05, 0.1) is 0 Å². The molecule has 0 radical (unpaired) electrons. The highest BCUT2D eigenvalue weighted by Crippen LogP contribution is 2.34. The molecule has 4 heteroatoms. The van der Waals surface area contributed by atoms with Crippen molar-refractivity contribution in [2.45, 2.75) is 13.5 Å². The molecule has 4 nitrogen and oxygen atoms in total. The lowest BCUT2D eigenvalue weighted by Gasteiger charge is -2.25. The van der Waals surface area contributed by atoms with Crippen molar-refractivity contribution in [2.24, 2.45) is 0 Å². The van der Waals surface area contributed by atoms with E-state index in [1.54, 1.807) is 19.1 Å². The van der Waals surface area contributed by atoms with Crippen LogP contribution >= 0.6 is 0 Å². The Kier molecular flexibility index (Phi) is 6.86. The van der Waals surface area contributed by atoms with E-state index < -0.39 is 5.97 Å². The van der Waals surface area contributed by atoms with Crippen molar-refractivity contribution in [3.63, 3.8) is 0 Å². The molecule has 0 bridgehead atoms.